The van der Waals surface area contributed by atoms with Gasteiger partial charge in [-0.05, 0) is 77.9 Å². The highest BCUT2D eigenvalue weighted by atomic mass is 32.2. The summed E-state index contributed by atoms with van der Waals surface area (Å²) in [5, 5.41) is 6.38. The Labute approximate surface area is 360 Å². The molecule has 0 fully saturated rings. The number of rotatable bonds is 12. The number of amides is 2. The molecule has 0 saturated heterocycles. The lowest BCUT2D eigenvalue weighted by Gasteiger charge is -2.11. The Morgan fingerprint density at radius 3 is 2.13 bits per heavy atom. The van der Waals surface area contributed by atoms with Gasteiger partial charge in [0.05, 0.1) is 35.8 Å². The van der Waals surface area contributed by atoms with Gasteiger partial charge in [0.15, 0.2) is 22.8 Å². The maximum Gasteiger partial charge on any atom is 0.287 e. The Bertz CT molecular complexity index is 3170. The van der Waals surface area contributed by atoms with Crippen LogP contribution in [0.1, 0.15) is 32.0 Å². The van der Waals surface area contributed by atoms with Crippen molar-refractivity contribution < 1.29 is 49.8 Å². The number of sulfone groups is 2. The van der Waals surface area contributed by atoms with Gasteiger partial charge in [0.25, 0.3) is 11.8 Å². The van der Waals surface area contributed by atoms with Gasteiger partial charge in [-0.15, -0.1) is 0 Å². The zero-order valence-corrected chi connectivity index (χ0v) is 35.1. The second kappa shape index (κ2) is 17.7. The van der Waals surface area contributed by atoms with Crippen molar-refractivity contribution in [1.29, 1.82) is 0 Å². The van der Waals surface area contributed by atoms with Crippen LogP contribution in [-0.4, -0.2) is 69.0 Å². The lowest BCUT2D eigenvalue weighted by Crippen LogP contribution is -2.23. The summed E-state index contributed by atoms with van der Waals surface area (Å²) in [6.45, 7) is 0.447. The Hall–Kier alpha value is -7.77. The highest BCUT2D eigenvalue weighted by molar-refractivity contribution is 7.92. The standard InChI is InChI=1S/C22H20N4O5S.C22H16N2O6S/c1-30-20-10-8-18(22(25-20)31-2)32(28,29)17-6-3-15(4-7-17)13-24-21(27)16-5-9-19-23-11-12-26(19)14-16;25-22(18-10-15-8-9-23-12-19(15)30-18)24-11-14-4-6-16(7-5-14)31(26,27)20-3-1-2-17-21(20)29-13-28-17/h3-12,14H,13H2,1-2H3,(H,24,27);1-10,12H,11,13H2,(H,24,25). The number of benzene rings is 3. The summed E-state index contributed by atoms with van der Waals surface area (Å²) in [4.78, 5) is 37.2. The number of aromatic nitrogens is 4. The van der Waals surface area contributed by atoms with Gasteiger partial charge in [-0.1, -0.05) is 30.3 Å². The molecule has 0 radical (unpaired) electrons. The van der Waals surface area contributed by atoms with Crippen LogP contribution >= 0.6 is 0 Å². The first-order valence-electron chi connectivity index (χ1n) is 18.9. The van der Waals surface area contributed by atoms with Crippen LogP contribution in [0.15, 0.2) is 158 Å². The lowest BCUT2D eigenvalue weighted by molar-refractivity contribution is 0.0923. The summed E-state index contributed by atoms with van der Waals surface area (Å²) in [6.07, 6.45) is 8.29. The van der Waals surface area contributed by atoms with Crippen molar-refractivity contribution in [3.63, 3.8) is 0 Å². The molecule has 1 aliphatic heterocycles. The van der Waals surface area contributed by atoms with Crippen molar-refractivity contribution in [1.82, 2.24) is 30.0 Å². The van der Waals surface area contributed by atoms with Gasteiger partial charge in [0.2, 0.25) is 38.2 Å². The summed E-state index contributed by atoms with van der Waals surface area (Å²) in [7, 11) is -4.86. The molecule has 6 heterocycles. The van der Waals surface area contributed by atoms with E-state index in [1.807, 2.05) is 0 Å². The number of ether oxygens (including phenoxy) is 4. The predicted molar refractivity (Wildman–Crippen MR) is 225 cm³/mol. The third-order valence-corrected chi connectivity index (χ3v) is 13.3. The van der Waals surface area contributed by atoms with Crippen LogP contribution in [0.3, 0.4) is 0 Å². The van der Waals surface area contributed by atoms with E-state index in [1.165, 1.54) is 56.7 Å². The number of hydrogen-bond donors (Lipinski definition) is 2. The Morgan fingerprint density at radius 1 is 0.746 bits per heavy atom. The fraction of sp³-hybridized carbons (Fsp3) is 0.114. The topological polar surface area (TPSA) is 220 Å². The Kier molecular flexibility index (Phi) is 11.8. The molecule has 0 saturated carbocycles. The van der Waals surface area contributed by atoms with Gasteiger partial charge in [0.1, 0.15) is 15.4 Å². The Morgan fingerprint density at radius 2 is 1.44 bits per heavy atom. The van der Waals surface area contributed by atoms with Crippen LogP contribution < -0.4 is 29.6 Å². The number of hydrogen-bond acceptors (Lipinski definition) is 14. The summed E-state index contributed by atoms with van der Waals surface area (Å²) >= 11 is 0. The summed E-state index contributed by atoms with van der Waals surface area (Å²) in [5.74, 6) is 0.398. The zero-order chi connectivity index (χ0) is 44.1. The van der Waals surface area contributed by atoms with E-state index >= 15 is 0 Å². The second-order valence-electron chi connectivity index (χ2n) is 13.6. The van der Waals surface area contributed by atoms with Gasteiger partial charge < -0.3 is 38.4 Å². The lowest BCUT2D eigenvalue weighted by atomic mass is 10.2. The van der Waals surface area contributed by atoms with E-state index < -0.39 is 19.7 Å². The number of carbonyl (C=O) groups is 2. The van der Waals surface area contributed by atoms with Gasteiger partial charge in [-0.25, -0.2) is 21.8 Å². The molecule has 3 aromatic carbocycles. The van der Waals surface area contributed by atoms with E-state index in [4.69, 9.17) is 23.4 Å². The number of furan rings is 1. The smallest absolute Gasteiger partial charge is 0.287 e. The molecule has 0 bridgehead atoms. The molecule has 5 aromatic heterocycles. The molecule has 17 nitrogen and oxygen atoms in total. The van der Waals surface area contributed by atoms with Crippen LogP contribution in [-0.2, 0) is 32.8 Å². The molecule has 0 spiro atoms. The third-order valence-electron chi connectivity index (χ3n) is 9.71. The van der Waals surface area contributed by atoms with Crippen LogP contribution in [0.25, 0.3) is 16.6 Å². The molecule has 63 heavy (non-hydrogen) atoms. The average Bonchev–Trinajstić information content (AvgIpc) is 4.10. The van der Waals surface area contributed by atoms with Gasteiger partial charge in [-0.2, -0.15) is 4.98 Å². The van der Waals surface area contributed by atoms with E-state index in [9.17, 15) is 26.4 Å². The fourth-order valence-corrected chi connectivity index (χ4v) is 9.19. The fourth-order valence-electron chi connectivity index (χ4n) is 6.42. The van der Waals surface area contributed by atoms with Crippen molar-refractivity contribution in [2.24, 2.45) is 0 Å². The predicted octanol–water partition coefficient (Wildman–Crippen LogP) is 5.83. The van der Waals surface area contributed by atoms with Gasteiger partial charge >= 0.3 is 0 Å². The number of pyridine rings is 3. The van der Waals surface area contributed by atoms with Crippen LogP contribution in [0.5, 0.6) is 23.3 Å². The summed E-state index contributed by atoms with van der Waals surface area (Å²) in [5.41, 5.74) is 3.27. The first-order valence-corrected chi connectivity index (χ1v) is 21.9. The van der Waals surface area contributed by atoms with Crippen molar-refractivity contribution >= 4 is 48.1 Å². The third kappa shape index (κ3) is 8.86. The second-order valence-corrected chi connectivity index (χ2v) is 17.5. The SMILES string of the molecule is COc1ccc(S(=O)(=O)c2ccc(CNC(=O)c3ccc4nccn4c3)cc2)c(OC)n1.O=C(NCc1ccc(S(=O)(=O)c2cccc3c2OCO3)cc1)c1cc2ccncc2o1. The number of para-hydroxylation sites is 1. The number of imidazole rings is 1. The largest absolute Gasteiger partial charge is 0.481 e. The van der Waals surface area contributed by atoms with Crippen LogP contribution in [0.2, 0.25) is 0 Å². The van der Waals surface area contributed by atoms with Crippen molar-refractivity contribution in [2.75, 3.05) is 21.0 Å². The number of nitrogens with zero attached hydrogens (tertiary/aromatic N) is 4. The van der Waals surface area contributed by atoms with Crippen LogP contribution in [0.4, 0.5) is 0 Å². The first-order chi connectivity index (χ1) is 30.4. The molecule has 8 aromatic rings. The molecule has 0 unspecified atom stereocenters. The van der Waals surface area contributed by atoms with E-state index in [0.29, 0.717) is 16.9 Å². The molecule has 0 atom stereocenters. The molecule has 0 aliphatic carbocycles. The molecule has 320 valence electrons. The maximum absolute atomic E-state index is 13.0. The monoisotopic (exact) mass is 888 g/mol. The summed E-state index contributed by atoms with van der Waals surface area (Å²) in [6, 6.07) is 27.0. The van der Waals surface area contributed by atoms with Crippen LogP contribution in [0, 0.1) is 0 Å². The highest BCUT2D eigenvalue weighted by Crippen LogP contribution is 2.40. The molecule has 1 aliphatic rings. The first kappa shape index (κ1) is 41.9. The quantitative estimate of drug-likeness (QED) is 0.148. The van der Waals surface area contributed by atoms with E-state index in [-0.39, 0.29) is 74.5 Å². The highest BCUT2D eigenvalue weighted by Gasteiger charge is 2.28. The van der Waals surface area contributed by atoms with Crippen molar-refractivity contribution in [3.8, 4) is 23.3 Å². The number of fused-ring (bicyclic) bond motifs is 3. The van der Waals surface area contributed by atoms with E-state index in [1.54, 1.807) is 96.0 Å². The maximum atomic E-state index is 13.0. The van der Waals surface area contributed by atoms with E-state index in [0.717, 1.165) is 22.2 Å². The average molecular weight is 889 g/mol. The number of methoxy groups -OCH3 is 2. The minimum atomic E-state index is -3.85. The molecule has 19 heteroatoms. The minimum Gasteiger partial charge on any atom is -0.481 e. The number of carbonyl (C=O) groups excluding carboxylic acids is 2. The van der Waals surface area contributed by atoms with Gasteiger partial charge in [0, 0.05) is 49.3 Å². The Balaban J connectivity index is 0.000000173. The van der Waals surface area contributed by atoms with E-state index in [2.05, 4.69) is 25.6 Å². The summed E-state index contributed by atoms with van der Waals surface area (Å²) < 4.78 is 80.1. The molecule has 9 rings (SSSR count). The van der Waals surface area contributed by atoms with Gasteiger partial charge in [-0.3, -0.25) is 14.6 Å². The van der Waals surface area contributed by atoms with Crippen molar-refractivity contribution in [3.05, 3.63) is 157 Å². The molecule has 2 amide bonds. The zero-order valence-electron chi connectivity index (χ0n) is 33.4. The molecular weight excluding hydrogens is 853 g/mol. The normalized spacial score (nSPS) is 12.0. The minimum absolute atomic E-state index is 0.0117. The molecular formula is C44H36N6O11S2. The van der Waals surface area contributed by atoms with Crippen molar-refractivity contribution in [2.45, 2.75) is 32.7 Å². The number of nitrogens with one attached hydrogen (secondary N) is 2. The molecule has 2 N–H and O–H groups in total.